The van der Waals surface area contributed by atoms with Gasteiger partial charge in [0, 0.05) is 29.5 Å². The van der Waals surface area contributed by atoms with Gasteiger partial charge in [-0.05, 0) is 45.9 Å². The number of aromatic nitrogens is 1. The molecule has 1 aliphatic rings. The zero-order valence-electron chi connectivity index (χ0n) is 20.5. The van der Waals surface area contributed by atoms with Gasteiger partial charge in [-0.3, -0.25) is 14.9 Å². The zero-order chi connectivity index (χ0) is 25.8. The topological polar surface area (TPSA) is 115 Å². The van der Waals surface area contributed by atoms with Crippen molar-refractivity contribution in [1.82, 2.24) is 10.3 Å². The first-order valence-corrected chi connectivity index (χ1v) is 11.3. The number of hydrogen-bond acceptors (Lipinski definition) is 7. The number of Topliss-reactive ketones (excluding diaryl/α,β-unsaturated/α-hetero) is 1. The number of methoxy groups -OCH3 is 1. The predicted molar refractivity (Wildman–Crippen MR) is 133 cm³/mol. The summed E-state index contributed by atoms with van der Waals surface area (Å²) in [5.41, 5.74) is 2.13. The molecular formula is C27H30N2O6. The summed E-state index contributed by atoms with van der Waals surface area (Å²) in [6.07, 6.45) is 0.330. The van der Waals surface area contributed by atoms with E-state index in [0.29, 0.717) is 17.7 Å². The third kappa shape index (κ3) is 6.64. The van der Waals surface area contributed by atoms with Crippen molar-refractivity contribution in [2.45, 2.75) is 51.8 Å². The molecule has 0 bridgehead atoms. The lowest BCUT2D eigenvalue weighted by Crippen LogP contribution is -2.37. The van der Waals surface area contributed by atoms with Crippen molar-refractivity contribution in [3.05, 3.63) is 60.2 Å². The Morgan fingerprint density at radius 1 is 1.09 bits per heavy atom. The normalized spacial score (nSPS) is 17.5. The van der Waals surface area contributed by atoms with Gasteiger partial charge in [-0.2, -0.15) is 0 Å². The van der Waals surface area contributed by atoms with E-state index in [1.54, 1.807) is 14.0 Å². The highest BCUT2D eigenvalue weighted by Crippen LogP contribution is 2.29. The second-order valence-electron chi connectivity index (χ2n) is 9.32. The maximum Gasteiger partial charge on any atom is 0.340 e. The molecule has 184 valence electrons. The van der Waals surface area contributed by atoms with Crippen molar-refractivity contribution in [2.75, 3.05) is 7.11 Å². The summed E-state index contributed by atoms with van der Waals surface area (Å²) in [6.45, 7) is 7.35. The van der Waals surface area contributed by atoms with E-state index in [0.717, 1.165) is 22.2 Å². The number of hydrogen-bond donors (Lipinski definition) is 2. The maximum atomic E-state index is 12.7. The zero-order valence-corrected chi connectivity index (χ0v) is 20.5. The Morgan fingerprint density at radius 2 is 1.77 bits per heavy atom. The first-order chi connectivity index (χ1) is 16.5. The molecule has 1 fully saturated rings. The summed E-state index contributed by atoms with van der Waals surface area (Å²) < 4.78 is 10.9. The van der Waals surface area contributed by atoms with E-state index in [1.807, 2.05) is 75.4 Å². The lowest BCUT2D eigenvalue weighted by atomic mass is 10.0. The molecule has 2 N–H and O–H groups in total. The highest BCUT2D eigenvalue weighted by Gasteiger charge is 2.34. The maximum absolute atomic E-state index is 12.7. The van der Waals surface area contributed by atoms with Crippen molar-refractivity contribution in [3.8, 4) is 17.0 Å². The van der Waals surface area contributed by atoms with Crippen LogP contribution in [0.4, 0.5) is 0 Å². The van der Waals surface area contributed by atoms with Gasteiger partial charge in [-0.15, -0.1) is 0 Å². The van der Waals surface area contributed by atoms with Crippen LogP contribution in [-0.4, -0.2) is 52.6 Å². The largest absolute Gasteiger partial charge is 0.497 e. The molecule has 0 radical (unpaired) electrons. The number of aliphatic carboxylic acids is 1. The summed E-state index contributed by atoms with van der Waals surface area (Å²) in [5.74, 6) is -0.949. The summed E-state index contributed by atoms with van der Waals surface area (Å²) in [5, 5.41) is 11.9. The summed E-state index contributed by atoms with van der Waals surface area (Å²) in [6, 6.07) is 16.1. The molecule has 0 amide bonds. The number of esters is 1. The van der Waals surface area contributed by atoms with Crippen LogP contribution < -0.4 is 10.1 Å². The van der Waals surface area contributed by atoms with Crippen LogP contribution in [0.5, 0.6) is 5.75 Å². The molecule has 0 aliphatic carbocycles. The number of rotatable bonds is 4. The van der Waals surface area contributed by atoms with Crippen LogP contribution in [0.3, 0.4) is 0 Å². The lowest BCUT2D eigenvalue weighted by Gasteiger charge is -2.20. The number of fused-ring (bicyclic) bond motifs is 1. The molecule has 2 unspecified atom stereocenters. The standard InChI is InChI=1S/C21H21NO3.C6H9NO3/c1-21(2,3)25-20(23)17-12-15-10-11-16(24-4)13-18(15)22-19(17)14-8-6-5-7-9-14;1-3-2-4(8)5(7-3)6(9)10/h5-13H,1-4H3;3,5,7H,2H2,1H3,(H,9,10). The van der Waals surface area contributed by atoms with Gasteiger partial charge in [-0.1, -0.05) is 30.3 Å². The molecule has 3 aromatic rings. The molecule has 35 heavy (non-hydrogen) atoms. The Labute approximate surface area is 204 Å². The lowest BCUT2D eigenvalue weighted by molar-refractivity contribution is -0.142. The third-order valence-corrected chi connectivity index (χ3v) is 5.22. The number of benzene rings is 2. The van der Waals surface area contributed by atoms with Crippen LogP contribution in [0.25, 0.3) is 22.2 Å². The predicted octanol–water partition coefficient (Wildman–Crippen LogP) is 4.26. The van der Waals surface area contributed by atoms with Crippen molar-refractivity contribution in [1.29, 1.82) is 0 Å². The summed E-state index contributed by atoms with van der Waals surface area (Å²) >= 11 is 0. The quantitative estimate of drug-likeness (QED) is 0.422. The number of pyridine rings is 1. The van der Waals surface area contributed by atoms with E-state index < -0.39 is 17.6 Å². The van der Waals surface area contributed by atoms with E-state index in [4.69, 9.17) is 19.6 Å². The Hall–Kier alpha value is -3.78. The number of carbonyl (C=O) groups excluding carboxylic acids is 2. The molecule has 1 aromatic heterocycles. The van der Waals surface area contributed by atoms with E-state index in [9.17, 15) is 14.4 Å². The Balaban J connectivity index is 0.000000287. The number of nitrogens with zero attached hydrogens (tertiary/aromatic N) is 1. The first-order valence-electron chi connectivity index (χ1n) is 11.3. The van der Waals surface area contributed by atoms with Crippen LogP contribution >= 0.6 is 0 Å². The van der Waals surface area contributed by atoms with Gasteiger partial charge in [-0.25, -0.2) is 9.78 Å². The Kier molecular flexibility index (Phi) is 7.86. The van der Waals surface area contributed by atoms with Crippen LogP contribution in [-0.2, 0) is 14.3 Å². The van der Waals surface area contributed by atoms with E-state index >= 15 is 0 Å². The number of carbonyl (C=O) groups is 3. The van der Waals surface area contributed by atoms with Gasteiger partial charge in [0.2, 0.25) is 0 Å². The van der Waals surface area contributed by atoms with E-state index in [-0.39, 0.29) is 17.8 Å². The Bertz CT molecular complexity index is 1230. The highest BCUT2D eigenvalue weighted by molar-refractivity contribution is 6.04. The fourth-order valence-corrected chi connectivity index (χ4v) is 3.64. The monoisotopic (exact) mass is 478 g/mol. The highest BCUT2D eigenvalue weighted by atomic mass is 16.6. The molecule has 8 nitrogen and oxygen atoms in total. The van der Waals surface area contributed by atoms with Crippen LogP contribution in [0, 0.1) is 0 Å². The molecule has 2 heterocycles. The van der Waals surface area contributed by atoms with Crippen molar-refractivity contribution >= 4 is 28.6 Å². The van der Waals surface area contributed by atoms with Crippen LogP contribution in [0.1, 0.15) is 44.5 Å². The molecule has 8 heteroatoms. The minimum atomic E-state index is -1.07. The van der Waals surface area contributed by atoms with Crippen molar-refractivity contribution in [2.24, 2.45) is 0 Å². The van der Waals surface area contributed by atoms with Gasteiger partial charge >= 0.3 is 11.9 Å². The van der Waals surface area contributed by atoms with Crippen LogP contribution in [0.15, 0.2) is 54.6 Å². The molecule has 0 spiro atoms. The number of ether oxygens (including phenoxy) is 2. The second-order valence-corrected chi connectivity index (χ2v) is 9.32. The van der Waals surface area contributed by atoms with Gasteiger partial charge in [0.15, 0.2) is 11.8 Å². The fourth-order valence-electron chi connectivity index (χ4n) is 3.64. The molecular weight excluding hydrogens is 448 g/mol. The third-order valence-electron chi connectivity index (χ3n) is 5.22. The second kappa shape index (κ2) is 10.7. The minimum Gasteiger partial charge on any atom is -0.497 e. The summed E-state index contributed by atoms with van der Waals surface area (Å²) in [7, 11) is 1.62. The smallest absolute Gasteiger partial charge is 0.340 e. The minimum absolute atomic E-state index is 0.00796. The number of carboxylic acids is 1. The first kappa shape index (κ1) is 25.8. The summed E-state index contributed by atoms with van der Waals surface area (Å²) in [4.78, 5) is 38.5. The molecule has 2 aromatic carbocycles. The average Bonchev–Trinajstić information content (AvgIpc) is 3.16. The van der Waals surface area contributed by atoms with Crippen molar-refractivity contribution < 1.29 is 29.0 Å². The number of ketones is 1. The van der Waals surface area contributed by atoms with E-state index in [1.165, 1.54) is 0 Å². The van der Waals surface area contributed by atoms with E-state index in [2.05, 4.69) is 5.32 Å². The molecule has 1 saturated heterocycles. The SMILES string of the molecule is CC1CC(=O)C(C(=O)O)N1.COc1ccc2cc(C(=O)OC(C)(C)C)c(-c3ccccc3)nc2c1. The van der Waals surface area contributed by atoms with Crippen LogP contribution in [0.2, 0.25) is 0 Å². The van der Waals surface area contributed by atoms with Gasteiger partial charge < -0.3 is 14.6 Å². The molecule has 2 atom stereocenters. The molecule has 4 rings (SSSR count). The Morgan fingerprint density at radius 3 is 2.29 bits per heavy atom. The molecule has 1 aliphatic heterocycles. The van der Waals surface area contributed by atoms with Gasteiger partial charge in [0.05, 0.1) is 23.9 Å². The molecule has 0 saturated carbocycles. The number of nitrogens with one attached hydrogen (secondary N) is 1. The average molecular weight is 479 g/mol. The van der Waals surface area contributed by atoms with Crippen molar-refractivity contribution in [3.63, 3.8) is 0 Å². The van der Waals surface area contributed by atoms with Gasteiger partial charge in [0.25, 0.3) is 0 Å². The van der Waals surface area contributed by atoms with Gasteiger partial charge in [0.1, 0.15) is 11.4 Å². The fraction of sp³-hybridized carbons (Fsp3) is 0.333. The number of carboxylic acid groups (broad SMARTS) is 1.